The van der Waals surface area contributed by atoms with Crippen LogP contribution in [0.2, 0.25) is 0 Å². The van der Waals surface area contributed by atoms with E-state index in [-0.39, 0.29) is 41.9 Å². The number of nitro groups is 1. The molecule has 13 heteroatoms. The molecule has 4 rings (SSSR count). The van der Waals surface area contributed by atoms with Gasteiger partial charge in [0.2, 0.25) is 15.9 Å². The number of hydrogen-bond acceptors (Lipinski definition) is 9. The zero-order valence-corrected chi connectivity index (χ0v) is 23.2. The molecule has 2 saturated heterocycles. The number of carbonyl (C=O) groups is 1. The Morgan fingerprint density at radius 2 is 1.87 bits per heavy atom. The summed E-state index contributed by atoms with van der Waals surface area (Å²) >= 11 is 1.64. The number of piperidine rings is 1. The van der Waals surface area contributed by atoms with E-state index in [1.165, 1.54) is 30.7 Å². The number of methoxy groups -OCH3 is 2. The molecular weight excluding hydrogens is 532 g/mol. The van der Waals surface area contributed by atoms with E-state index in [1.54, 1.807) is 47.0 Å². The normalized spacial score (nSPS) is 19.6. The van der Waals surface area contributed by atoms with Crippen LogP contribution < -0.4 is 14.8 Å². The fourth-order valence-corrected chi connectivity index (χ4v) is 7.24. The number of para-hydroxylation sites is 1. The number of hydrogen-bond donors (Lipinski definition) is 1. The molecule has 2 aliphatic rings. The maximum Gasteiger partial charge on any atom is 0.274 e. The molecule has 206 valence electrons. The quantitative estimate of drug-likeness (QED) is 0.342. The van der Waals surface area contributed by atoms with Gasteiger partial charge >= 0.3 is 0 Å². The van der Waals surface area contributed by atoms with Crippen molar-refractivity contribution in [1.29, 1.82) is 0 Å². The van der Waals surface area contributed by atoms with Gasteiger partial charge in [0, 0.05) is 30.8 Å². The van der Waals surface area contributed by atoms with Crippen molar-refractivity contribution in [3.05, 3.63) is 58.1 Å². The standard InChI is InChI=1S/C25H32N4O7S2/c1-35-19-8-9-22(36-2)23(16-19)38(33,34)27-13-11-25(12-14-27)26-20(10-15-37-3)24(30)28(25)17-18-6-4-5-7-21(18)29(31)32/h4-9,16,20,26H,10-15,17H2,1-3H3. The zero-order chi connectivity index (χ0) is 27.5. The Morgan fingerprint density at radius 1 is 1.16 bits per heavy atom. The first-order valence-corrected chi connectivity index (χ1v) is 15.0. The van der Waals surface area contributed by atoms with E-state index in [0.717, 1.165) is 5.75 Å². The first-order valence-electron chi connectivity index (χ1n) is 12.2. The Hall–Kier alpha value is -2.87. The fourth-order valence-electron chi connectivity index (χ4n) is 5.15. The van der Waals surface area contributed by atoms with Crippen LogP contribution in [0.1, 0.15) is 24.8 Å². The number of nitrogens with zero attached hydrogens (tertiary/aromatic N) is 3. The second-order valence-corrected chi connectivity index (χ2v) is 12.1. The molecule has 0 aromatic heterocycles. The van der Waals surface area contributed by atoms with Gasteiger partial charge in [0.1, 0.15) is 16.4 Å². The van der Waals surface area contributed by atoms with Crippen LogP contribution in [-0.4, -0.2) is 79.5 Å². The average molecular weight is 565 g/mol. The SMILES string of the molecule is COc1ccc(OC)c(S(=O)(=O)N2CCC3(CC2)NC(CCSC)C(=O)N3Cc2ccccc2[N+](=O)[O-])c1. The Morgan fingerprint density at radius 3 is 2.50 bits per heavy atom. The molecule has 0 saturated carbocycles. The highest BCUT2D eigenvalue weighted by molar-refractivity contribution is 7.98. The molecule has 1 atom stereocenters. The van der Waals surface area contributed by atoms with Crippen molar-refractivity contribution in [2.45, 2.75) is 42.4 Å². The molecule has 1 N–H and O–H groups in total. The molecule has 1 spiro atoms. The maximum absolute atomic E-state index is 13.6. The number of sulfonamides is 1. The van der Waals surface area contributed by atoms with Gasteiger partial charge in [-0.1, -0.05) is 18.2 Å². The minimum absolute atomic E-state index is 0.0142. The van der Waals surface area contributed by atoms with Crippen LogP contribution in [0.15, 0.2) is 47.4 Å². The minimum Gasteiger partial charge on any atom is -0.497 e. The van der Waals surface area contributed by atoms with Gasteiger partial charge in [-0.05, 0) is 43.4 Å². The highest BCUT2D eigenvalue weighted by Gasteiger charge is 2.52. The van der Waals surface area contributed by atoms with Gasteiger partial charge in [0.05, 0.1) is 37.4 Å². The predicted octanol–water partition coefficient (Wildman–Crippen LogP) is 2.85. The van der Waals surface area contributed by atoms with Crippen LogP contribution in [0, 0.1) is 10.1 Å². The fraction of sp³-hybridized carbons (Fsp3) is 0.480. The maximum atomic E-state index is 13.6. The second-order valence-electron chi connectivity index (χ2n) is 9.24. The van der Waals surface area contributed by atoms with Crippen LogP contribution in [-0.2, 0) is 21.4 Å². The lowest BCUT2D eigenvalue weighted by Crippen LogP contribution is -2.59. The Kier molecular flexibility index (Phi) is 8.50. The third-order valence-corrected chi connectivity index (χ3v) is 9.75. The Bertz CT molecular complexity index is 1300. The van der Waals surface area contributed by atoms with Crippen LogP contribution >= 0.6 is 11.8 Å². The number of amides is 1. The molecular formula is C25H32N4O7S2. The summed E-state index contributed by atoms with van der Waals surface area (Å²) in [7, 11) is -1.04. The second kappa shape index (κ2) is 11.5. The first-order chi connectivity index (χ1) is 18.2. The van der Waals surface area contributed by atoms with E-state index in [4.69, 9.17) is 9.47 Å². The van der Waals surface area contributed by atoms with Gasteiger partial charge in [0.25, 0.3) is 5.69 Å². The van der Waals surface area contributed by atoms with Crippen molar-refractivity contribution < 1.29 is 27.6 Å². The molecule has 0 radical (unpaired) electrons. The summed E-state index contributed by atoms with van der Waals surface area (Å²) in [5.74, 6) is 1.26. The third-order valence-electron chi connectivity index (χ3n) is 7.19. The third kappa shape index (κ3) is 5.33. The largest absolute Gasteiger partial charge is 0.497 e. The number of benzene rings is 2. The van der Waals surface area contributed by atoms with Crippen molar-refractivity contribution in [1.82, 2.24) is 14.5 Å². The molecule has 0 aliphatic carbocycles. The van der Waals surface area contributed by atoms with E-state index >= 15 is 0 Å². The van der Waals surface area contributed by atoms with Crippen LogP contribution in [0.5, 0.6) is 11.5 Å². The summed E-state index contributed by atoms with van der Waals surface area (Å²) in [4.78, 5) is 26.4. The minimum atomic E-state index is -3.91. The van der Waals surface area contributed by atoms with Crippen molar-refractivity contribution in [2.75, 3.05) is 39.3 Å². The monoisotopic (exact) mass is 564 g/mol. The molecule has 38 heavy (non-hydrogen) atoms. The lowest BCUT2D eigenvalue weighted by Gasteiger charge is -2.44. The topological polar surface area (TPSA) is 131 Å². The average Bonchev–Trinajstić information content (AvgIpc) is 3.17. The molecule has 2 aliphatic heterocycles. The summed E-state index contributed by atoms with van der Waals surface area (Å²) in [6, 6.07) is 10.6. The Balaban J connectivity index is 1.62. The summed E-state index contributed by atoms with van der Waals surface area (Å²) in [5.41, 5.74) is -0.421. The molecule has 2 aromatic carbocycles. The van der Waals surface area contributed by atoms with Gasteiger partial charge in [-0.25, -0.2) is 8.42 Å². The van der Waals surface area contributed by atoms with E-state index in [1.807, 2.05) is 6.26 Å². The van der Waals surface area contributed by atoms with Crippen LogP contribution in [0.3, 0.4) is 0 Å². The number of nitrogens with one attached hydrogen (secondary N) is 1. The van der Waals surface area contributed by atoms with Gasteiger partial charge < -0.3 is 14.4 Å². The Labute approximate surface area is 226 Å². The highest BCUT2D eigenvalue weighted by atomic mass is 32.2. The summed E-state index contributed by atoms with van der Waals surface area (Å²) in [6.45, 7) is 0.381. The van der Waals surface area contributed by atoms with Crippen molar-refractivity contribution in [3.63, 3.8) is 0 Å². The molecule has 2 heterocycles. The smallest absolute Gasteiger partial charge is 0.274 e. The zero-order valence-electron chi connectivity index (χ0n) is 21.6. The number of thioether (sulfide) groups is 1. The number of ether oxygens (including phenoxy) is 2. The van der Waals surface area contributed by atoms with E-state index in [0.29, 0.717) is 30.6 Å². The van der Waals surface area contributed by atoms with E-state index < -0.39 is 26.7 Å². The van der Waals surface area contributed by atoms with Crippen molar-refractivity contribution >= 4 is 33.4 Å². The molecule has 2 fully saturated rings. The lowest BCUT2D eigenvalue weighted by molar-refractivity contribution is -0.385. The highest BCUT2D eigenvalue weighted by Crippen LogP contribution is 2.38. The molecule has 11 nitrogen and oxygen atoms in total. The molecule has 0 bridgehead atoms. The van der Waals surface area contributed by atoms with Gasteiger partial charge in [-0.2, -0.15) is 16.1 Å². The molecule has 2 aromatic rings. The predicted molar refractivity (Wildman–Crippen MR) is 144 cm³/mol. The number of rotatable bonds is 10. The van der Waals surface area contributed by atoms with E-state index in [9.17, 15) is 23.3 Å². The van der Waals surface area contributed by atoms with Gasteiger partial charge in [-0.3, -0.25) is 20.2 Å². The molecule has 1 amide bonds. The van der Waals surface area contributed by atoms with Crippen LogP contribution in [0.4, 0.5) is 5.69 Å². The van der Waals surface area contributed by atoms with Crippen LogP contribution in [0.25, 0.3) is 0 Å². The number of carbonyl (C=O) groups excluding carboxylic acids is 1. The lowest BCUT2D eigenvalue weighted by atomic mass is 9.96. The first kappa shape index (κ1) is 28.1. The number of nitro benzene ring substituents is 1. The van der Waals surface area contributed by atoms with Crippen molar-refractivity contribution in [2.24, 2.45) is 0 Å². The van der Waals surface area contributed by atoms with Crippen molar-refractivity contribution in [3.8, 4) is 11.5 Å². The van der Waals surface area contributed by atoms with Gasteiger partial charge in [-0.15, -0.1) is 0 Å². The molecule has 1 unspecified atom stereocenters. The summed E-state index contributed by atoms with van der Waals surface area (Å²) in [5, 5.41) is 15.1. The summed E-state index contributed by atoms with van der Waals surface area (Å²) < 4.78 is 39.1. The summed E-state index contributed by atoms with van der Waals surface area (Å²) in [6.07, 6.45) is 3.25. The van der Waals surface area contributed by atoms with Gasteiger partial charge in [0.15, 0.2) is 0 Å². The van der Waals surface area contributed by atoms with E-state index in [2.05, 4.69) is 5.32 Å².